The molecule has 132 valence electrons. The molecule has 25 heavy (non-hydrogen) atoms. The van der Waals surface area contributed by atoms with Crippen LogP contribution in [0, 0.1) is 13.8 Å². The largest absolute Gasteiger partial charge is 0.496 e. The van der Waals surface area contributed by atoms with Gasteiger partial charge in [0, 0.05) is 0 Å². The van der Waals surface area contributed by atoms with Gasteiger partial charge in [-0.15, -0.1) is 0 Å². The zero-order valence-corrected chi connectivity index (χ0v) is 15.9. The second-order valence-electron chi connectivity index (χ2n) is 6.29. The highest BCUT2D eigenvalue weighted by Gasteiger charge is 2.11. The fourth-order valence-electron chi connectivity index (χ4n) is 2.51. The molecule has 0 aliphatic heterocycles. The molecule has 0 radical (unpaired) electrons. The van der Waals surface area contributed by atoms with E-state index in [0.29, 0.717) is 16.5 Å². The van der Waals surface area contributed by atoms with E-state index in [2.05, 4.69) is 24.4 Å². The van der Waals surface area contributed by atoms with E-state index in [4.69, 9.17) is 16.3 Å². The van der Waals surface area contributed by atoms with Crippen LogP contribution in [-0.2, 0) is 0 Å². The highest BCUT2D eigenvalue weighted by atomic mass is 35.5. The molecule has 0 fully saturated rings. The van der Waals surface area contributed by atoms with Crippen molar-refractivity contribution in [3.05, 3.63) is 63.2 Å². The number of ether oxygens (including phenoxy) is 1. The maximum atomic E-state index is 12.2. The Labute approximate surface area is 153 Å². The van der Waals surface area contributed by atoms with Gasteiger partial charge < -0.3 is 4.74 Å². The summed E-state index contributed by atoms with van der Waals surface area (Å²) in [4.78, 5) is 12.2. The van der Waals surface area contributed by atoms with Gasteiger partial charge in [-0.3, -0.25) is 4.79 Å². The van der Waals surface area contributed by atoms with Crippen molar-refractivity contribution in [2.45, 2.75) is 33.6 Å². The second-order valence-corrected chi connectivity index (χ2v) is 6.70. The number of nitrogens with one attached hydrogen (secondary N) is 1. The van der Waals surface area contributed by atoms with Crippen LogP contribution in [0.1, 0.15) is 52.4 Å². The number of hydrogen-bond donors (Lipinski definition) is 1. The monoisotopic (exact) mass is 358 g/mol. The van der Waals surface area contributed by atoms with Crippen molar-refractivity contribution >= 4 is 23.7 Å². The molecule has 2 rings (SSSR count). The summed E-state index contributed by atoms with van der Waals surface area (Å²) >= 11 is 6.11. The van der Waals surface area contributed by atoms with E-state index in [-0.39, 0.29) is 5.91 Å². The molecule has 0 aliphatic rings. The summed E-state index contributed by atoms with van der Waals surface area (Å²) in [6.07, 6.45) is 1.64. The van der Waals surface area contributed by atoms with Crippen LogP contribution < -0.4 is 10.2 Å². The van der Waals surface area contributed by atoms with Gasteiger partial charge in [-0.2, -0.15) is 5.10 Å². The average Bonchev–Trinajstić information content (AvgIpc) is 2.55. The summed E-state index contributed by atoms with van der Waals surface area (Å²) in [5.41, 5.74) is 6.98. The van der Waals surface area contributed by atoms with Crippen molar-refractivity contribution in [3.63, 3.8) is 0 Å². The van der Waals surface area contributed by atoms with Crippen LogP contribution in [-0.4, -0.2) is 19.2 Å². The summed E-state index contributed by atoms with van der Waals surface area (Å²) in [5, 5.41) is 4.49. The molecule has 0 heterocycles. The molecule has 0 spiro atoms. The Bertz CT molecular complexity index is 814. The maximum Gasteiger partial charge on any atom is 0.272 e. The molecule has 1 N–H and O–H groups in total. The molecule has 2 aromatic carbocycles. The molecule has 0 bridgehead atoms. The van der Waals surface area contributed by atoms with Crippen LogP contribution in [0.5, 0.6) is 5.75 Å². The van der Waals surface area contributed by atoms with E-state index in [0.717, 1.165) is 28.0 Å². The molecular weight excluding hydrogens is 336 g/mol. The van der Waals surface area contributed by atoms with E-state index in [1.807, 2.05) is 32.0 Å². The standard InChI is InChI=1S/C20H23ClN2O2/c1-12(2)17-10-15(14(4)9-19(17)25-5)11-22-23-20(24)16-7-6-13(3)8-18(16)21/h6-12H,1-5H3,(H,23,24)/b22-11-. The van der Waals surface area contributed by atoms with Crippen molar-refractivity contribution in [2.75, 3.05) is 7.11 Å². The molecule has 0 atom stereocenters. The van der Waals surface area contributed by atoms with E-state index >= 15 is 0 Å². The Hall–Kier alpha value is -2.33. The summed E-state index contributed by atoms with van der Waals surface area (Å²) in [7, 11) is 1.67. The molecular formula is C20H23ClN2O2. The first-order valence-electron chi connectivity index (χ1n) is 8.11. The maximum absolute atomic E-state index is 12.2. The van der Waals surface area contributed by atoms with Crippen molar-refractivity contribution < 1.29 is 9.53 Å². The normalized spacial score (nSPS) is 11.2. The molecule has 1 amide bonds. The molecule has 0 saturated carbocycles. The first-order valence-corrected chi connectivity index (χ1v) is 8.49. The van der Waals surface area contributed by atoms with Crippen LogP contribution in [0.3, 0.4) is 0 Å². The number of hydrazone groups is 1. The number of amides is 1. The van der Waals surface area contributed by atoms with Crippen LogP contribution in [0.2, 0.25) is 5.02 Å². The van der Waals surface area contributed by atoms with E-state index in [1.165, 1.54) is 0 Å². The predicted molar refractivity (Wildman–Crippen MR) is 103 cm³/mol. The first-order chi connectivity index (χ1) is 11.8. The molecule has 0 aliphatic carbocycles. The topological polar surface area (TPSA) is 50.7 Å². The van der Waals surface area contributed by atoms with Crippen molar-refractivity contribution in [1.29, 1.82) is 0 Å². The summed E-state index contributed by atoms with van der Waals surface area (Å²) in [5.74, 6) is 0.847. The molecule has 0 unspecified atom stereocenters. The summed E-state index contributed by atoms with van der Waals surface area (Å²) in [6, 6.07) is 9.30. The van der Waals surface area contributed by atoms with Gasteiger partial charge in [-0.05, 0) is 66.3 Å². The molecule has 0 saturated heterocycles. The van der Waals surface area contributed by atoms with Crippen molar-refractivity contribution in [1.82, 2.24) is 5.43 Å². The number of rotatable bonds is 5. The van der Waals surface area contributed by atoms with Crippen LogP contribution >= 0.6 is 11.6 Å². The molecule has 2 aromatic rings. The number of aryl methyl sites for hydroxylation is 2. The SMILES string of the molecule is COc1cc(C)c(/C=N\NC(=O)c2ccc(C)cc2Cl)cc1C(C)C. The number of nitrogens with zero attached hydrogens (tertiary/aromatic N) is 1. The summed E-state index contributed by atoms with van der Waals surface area (Å²) < 4.78 is 5.44. The number of halogens is 1. The molecule has 4 nitrogen and oxygen atoms in total. The third-order valence-electron chi connectivity index (χ3n) is 3.98. The quantitative estimate of drug-likeness (QED) is 0.613. The minimum absolute atomic E-state index is 0.323. The van der Waals surface area contributed by atoms with Gasteiger partial charge in [0.05, 0.1) is 23.9 Å². The zero-order valence-electron chi connectivity index (χ0n) is 15.2. The lowest BCUT2D eigenvalue weighted by Crippen LogP contribution is -2.18. The van der Waals surface area contributed by atoms with Gasteiger partial charge in [-0.25, -0.2) is 5.43 Å². The summed E-state index contributed by atoms with van der Waals surface area (Å²) in [6.45, 7) is 8.11. The number of carbonyl (C=O) groups is 1. The Morgan fingerprint density at radius 1 is 1.24 bits per heavy atom. The highest BCUT2D eigenvalue weighted by molar-refractivity contribution is 6.33. The van der Waals surface area contributed by atoms with Gasteiger partial charge in [0.15, 0.2) is 0 Å². The van der Waals surface area contributed by atoms with Crippen molar-refractivity contribution in [3.8, 4) is 5.75 Å². The lowest BCUT2D eigenvalue weighted by atomic mass is 9.97. The minimum Gasteiger partial charge on any atom is -0.496 e. The van der Waals surface area contributed by atoms with Gasteiger partial charge in [-0.1, -0.05) is 31.5 Å². The lowest BCUT2D eigenvalue weighted by molar-refractivity contribution is 0.0955. The molecule has 0 aromatic heterocycles. The molecule has 5 heteroatoms. The smallest absolute Gasteiger partial charge is 0.272 e. The predicted octanol–water partition coefficient (Wildman–Crippen LogP) is 4.85. The Balaban J connectivity index is 2.19. The lowest BCUT2D eigenvalue weighted by Gasteiger charge is -2.14. The van der Waals surface area contributed by atoms with Gasteiger partial charge in [0.2, 0.25) is 0 Å². The Morgan fingerprint density at radius 2 is 1.96 bits per heavy atom. The number of benzene rings is 2. The average molecular weight is 359 g/mol. The zero-order chi connectivity index (χ0) is 18.6. The van der Waals surface area contributed by atoms with E-state index in [1.54, 1.807) is 25.5 Å². The third-order valence-corrected chi connectivity index (χ3v) is 4.29. The van der Waals surface area contributed by atoms with Gasteiger partial charge >= 0.3 is 0 Å². The number of methoxy groups -OCH3 is 1. The van der Waals surface area contributed by atoms with E-state index in [9.17, 15) is 4.79 Å². The highest BCUT2D eigenvalue weighted by Crippen LogP contribution is 2.29. The van der Waals surface area contributed by atoms with Crippen LogP contribution in [0.25, 0.3) is 0 Å². The fraction of sp³-hybridized carbons (Fsp3) is 0.300. The van der Waals surface area contributed by atoms with Crippen LogP contribution in [0.15, 0.2) is 35.4 Å². The van der Waals surface area contributed by atoms with Gasteiger partial charge in [0.25, 0.3) is 5.91 Å². The fourth-order valence-corrected chi connectivity index (χ4v) is 2.83. The number of carbonyl (C=O) groups excluding carboxylic acids is 1. The second kappa shape index (κ2) is 8.17. The Morgan fingerprint density at radius 3 is 2.56 bits per heavy atom. The van der Waals surface area contributed by atoms with Crippen LogP contribution in [0.4, 0.5) is 0 Å². The first kappa shape index (κ1) is 19.0. The minimum atomic E-state index is -0.337. The number of hydrogen-bond acceptors (Lipinski definition) is 3. The Kier molecular flexibility index (Phi) is 6.21. The van der Waals surface area contributed by atoms with Gasteiger partial charge in [0.1, 0.15) is 5.75 Å². The van der Waals surface area contributed by atoms with Crippen molar-refractivity contribution in [2.24, 2.45) is 5.10 Å². The van der Waals surface area contributed by atoms with E-state index < -0.39 is 0 Å². The third kappa shape index (κ3) is 4.60.